The molecule has 366 valence electrons. The predicted molar refractivity (Wildman–Crippen MR) is 312 cm³/mol. The second-order valence-electron chi connectivity index (χ2n) is 34.0. The molecule has 0 radical (unpaired) electrons. The van der Waals surface area contributed by atoms with Gasteiger partial charge in [-0.05, 0) is 361 Å². The molecule has 1 aliphatic heterocycles. The SMILES string of the molecule is CCCCC(CC)Cc1ccc2c(c1C(C)(C)C)SC13c4c5c6c7c8c9c%10c%11c%12c%13c%14c%15c(c%16c%13c%10c7c4-%16)C21C1C%15C2c4c7c%10c%13c%15c%16c%17c%18c%19c%20c%21c%22c%23c(c4c4c%22c%19c%16c%104)C2C%14C%12C%23C%21C%11C9C%20C%18C8C6C%17C%15C5C3C%13C71. The number of benzene rings is 10. The molecule has 2 spiro atoms. The highest BCUT2D eigenvalue weighted by atomic mass is 32.2. The Balaban J connectivity index is 0.917. The summed E-state index contributed by atoms with van der Waals surface area (Å²) in [5, 5.41) is 30.9. The van der Waals surface area contributed by atoms with E-state index in [1.165, 1.54) is 32.1 Å². The lowest BCUT2D eigenvalue weighted by molar-refractivity contribution is 0.0341. The van der Waals surface area contributed by atoms with Gasteiger partial charge in [-0.3, -0.25) is 0 Å². The molecule has 11 aromatic carbocycles. The minimum absolute atomic E-state index is 0.00849. The number of unbranched alkanes of at least 4 members (excludes halogenated alkanes) is 1. The second kappa shape index (κ2) is 8.48. The van der Waals surface area contributed by atoms with E-state index in [0.717, 1.165) is 5.92 Å². The van der Waals surface area contributed by atoms with Gasteiger partial charge in [0.25, 0.3) is 0 Å². The third-order valence-corrected chi connectivity index (χ3v) is 35.0. The Bertz CT molecular complexity index is 5750. The van der Waals surface area contributed by atoms with Crippen molar-refractivity contribution in [1.29, 1.82) is 0 Å². The summed E-state index contributed by atoms with van der Waals surface area (Å²) >= 11 is 2.68. The molecule has 0 amide bonds. The fraction of sp³-hybridized carbons (Fsp3) is 0.436. The molecule has 0 aromatic heterocycles. The molecule has 0 saturated heterocycles. The number of hydrogen-bond donors (Lipinski definition) is 0. The van der Waals surface area contributed by atoms with Gasteiger partial charge in [-0.1, -0.05) is 72.4 Å². The van der Waals surface area contributed by atoms with Gasteiger partial charge in [0, 0.05) is 10.3 Å². The van der Waals surface area contributed by atoms with Crippen LogP contribution in [-0.4, -0.2) is 0 Å². The van der Waals surface area contributed by atoms with Crippen LogP contribution in [0, 0.1) is 17.8 Å². The van der Waals surface area contributed by atoms with E-state index >= 15 is 0 Å². The first-order chi connectivity index (χ1) is 38.9. The van der Waals surface area contributed by atoms with E-state index in [1.807, 2.05) is 175 Å². The summed E-state index contributed by atoms with van der Waals surface area (Å²) in [6.07, 6.45) is 6.63. The van der Waals surface area contributed by atoms with Crippen LogP contribution >= 0.6 is 11.8 Å². The van der Waals surface area contributed by atoms with Gasteiger partial charge in [0.05, 0.1) is 4.75 Å². The summed E-state index contributed by atoms with van der Waals surface area (Å²) < 4.78 is 0.0217. The van der Waals surface area contributed by atoms with E-state index in [4.69, 9.17) is 0 Å². The van der Waals surface area contributed by atoms with Crippen LogP contribution in [0.1, 0.15) is 295 Å². The lowest BCUT2D eigenvalue weighted by atomic mass is 9.39. The standard InChI is InChI=1S/C78H48S/c1-6-8-9-13(7-2)12-14-10-11-15-75(70(14)76(3,4)5)79-78-73-66-60-50-38-30-22-18-16-17-20-24(22)32(38)42-36-28(20)29-21(17)25-23-19(16)27-26(18)34-40(30)48-54-44(34)45-35(27)41-31(23)39-33(25)43-37(29)47-46(36)58(52(42)60)68(73)69-59(47)53(43)61-51(39)57-49(41)55(45)63-62(54)71(64(66)56(48)50)77(15,78)72(63)65(57)67(61)74(69)78/h10-11,13,18,20,22,24,26,28,34,36,44-47,55,59,63,65,67,69,72,74H,6-9,12H2,1-5H3. The smallest absolute Gasteiger partial charge is 0.0645 e. The Labute approximate surface area is 457 Å². The van der Waals surface area contributed by atoms with Crippen LogP contribution in [0.15, 0.2) is 17.0 Å². The molecule has 0 bridgehead atoms. The fourth-order valence-electron chi connectivity index (χ4n) is 34.2. The monoisotopic (exact) mass is 1020 g/mol. The molecule has 22 aliphatic carbocycles. The average Bonchev–Trinajstić information content (AvgIpc) is 1.41. The van der Waals surface area contributed by atoms with Crippen LogP contribution in [0.3, 0.4) is 0 Å². The Morgan fingerprint density at radius 2 is 0.759 bits per heavy atom. The molecule has 23 atom stereocenters. The first-order valence-corrected chi connectivity index (χ1v) is 33.8. The topological polar surface area (TPSA) is 0 Å². The van der Waals surface area contributed by atoms with Crippen molar-refractivity contribution in [3.8, 4) is 11.1 Å². The maximum atomic E-state index is 3.00. The average molecular weight is 1020 g/mol. The Morgan fingerprint density at radius 1 is 0.405 bits per heavy atom. The van der Waals surface area contributed by atoms with Crippen molar-refractivity contribution in [1.82, 2.24) is 0 Å². The van der Waals surface area contributed by atoms with Crippen molar-refractivity contribution in [3.05, 3.63) is 140 Å². The molecule has 1 heterocycles. The lowest BCUT2D eigenvalue weighted by Crippen LogP contribution is -2.62. The first kappa shape index (κ1) is 34.8. The zero-order valence-electron chi connectivity index (χ0n) is 44.7. The van der Waals surface area contributed by atoms with Gasteiger partial charge in [0.15, 0.2) is 0 Å². The molecule has 0 nitrogen and oxygen atoms in total. The normalized spacial score (nSPS) is 44.5. The zero-order chi connectivity index (χ0) is 48.5. The van der Waals surface area contributed by atoms with Crippen molar-refractivity contribution < 1.29 is 0 Å². The van der Waals surface area contributed by atoms with Crippen molar-refractivity contribution >= 4 is 97.9 Å². The highest BCUT2D eigenvalue weighted by Gasteiger charge is 2.90. The van der Waals surface area contributed by atoms with E-state index in [-0.39, 0.29) is 15.6 Å². The van der Waals surface area contributed by atoms with Crippen molar-refractivity contribution in [2.24, 2.45) is 17.8 Å². The molecule has 23 aliphatic rings. The molecule has 79 heavy (non-hydrogen) atoms. The molecule has 11 aromatic rings. The van der Waals surface area contributed by atoms with Crippen molar-refractivity contribution in [3.63, 3.8) is 0 Å². The van der Waals surface area contributed by atoms with E-state index in [9.17, 15) is 0 Å². The molecule has 1 heteroatoms. The summed E-state index contributed by atoms with van der Waals surface area (Å²) in [6.45, 7) is 13.0. The Kier molecular flexibility index (Phi) is 3.74. The molecular weight excluding hydrogens is 969 g/mol. The highest BCUT2D eigenvalue weighted by molar-refractivity contribution is 8.00. The molecular formula is C78H48S. The number of rotatable bonds is 6. The van der Waals surface area contributed by atoms with Gasteiger partial charge in [-0.25, -0.2) is 0 Å². The maximum absolute atomic E-state index is 3.00. The molecule has 23 unspecified atom stereocenters. The fourth-order valence-corrected chi connectivity index (χ4v) is 36.6. The van der Waals surface area contributed by atoms with E-state index < -0.39 is 0 Å². The number of hydrogen-bond acceptors (Lipinski definition) is 1. The largest absolute Gasteiger partial charge is 0.112 e. The van der Waals surface area contributed by atoms with Crippen LogP contribution < -0.4 is 0 Å². The maximum Gasteiger partial charge on any atom is 0.0645 e. The van der Waals surface area contributed by atoms with Gasteiger partial charge in [0.1, 0.15) is 0 Å². The van der Waals surface area contributed by atoms with Gasteiger partial charge < -0.3 is 0 Å². The molecule has 34 rings (SSSR count). The molecule has 0 N–H and O–H groups in total. The zero-order valence-corrected chi connectivity index (χ0v) is 45.5. The first-order valence-electron chi connectivity index (χ1n) is 33.0. The third kappa shape index (κ3) is 2.14. The summed E-state index contributed by atoms with van der Waals surface area (Å²) in [7, 11) is 0. The summed E-state index contributed by atoms with van der Waals surface area (Å²) in [5.41, 5.74) is 50.3. The van der Waals surface area contributed by atoms with Crippen LogP contribution in [0.5, 0.6) is 0 Å². The Hall–Kier alpha value is -5.37. The molecule has 1 fully saturated rings. The minimum Gasteiger partial charge on any atom is -0.112 e. The Morgan fingerprint density at radius 3 is 1.20 bits per heavy atom. The number of thioether (sulfide) groups is 1. The van der Waals surface area contributed by atoms with E-state index in [2.05, 4.69) is 103 Å². The summed E-state index contributed by atoms with van der Waals surface area (Å²) in [6, 6.07) is 5.87. The molecule has 1 saturated carbocycles. The van der Waals surface area contributed by atoms with Crippen molar-refractivity contribution in [2.45, 2.75) is 194 Å². The number of fused-ring (bicyclic) bond motifs is 1. The summed E-state index contributed by atoms with van der Waals surface area (Å²) in [5.74, 6) is 13.9. The van der Waals surface area contributed by atoms with Gasteiger partial charge in [0.2, 0.25) is 0 Å². The highest BCUT2D eigenvalue weighted by Crippen LogP contribution is 3.01. The quantitative estimate of drug-likeness (QED) is 0.150. The second-order valence-corrected chi connectivity index (χ2v) is 35.2. The third-order valence-electron chi connectivity index (χ3n) is 33.3. The van der Waals surface area contributed by atoms with Gasteiger partial charge >= 0.3 is 0 Å². The van der Waals surface area contributed by atoms with Gasteiger partial charge in [-0.2, -0.15) is 0 Å². The van der Waals surface area contributed by atoms with Crippen LogP contribution in [0.25, 0.3) is 97.3 Å². The van der Waals surface area contributed by atoms with E-state index in [0.29, 0.717) is 118 Å². The predicted octanol–water partition coefficient (Wildman–Crippen LogP) is 18.6. The summed E-state index contributed by atoms with van der Waals surface area (Å²) in [4.78, 5) is 1.84. The lowest BCUT2D eigenvalue weighted by Gasteiger charge is -2.65. The minimum atomic E-state index is -0.00849. The van der Waals surface area contributed by atoms with Crippen LogP contribution in [0.2, 0.25) is 0 Å². The van der Waals surface area contributed by atoms with Crippen LogP contribution in [0.4, 0.5) is 0 Å². The van der Waals surface area contributed by atoms with Crippen molar-refractivity contribution in [2.75, 3.05) is 0 Å². The van der Waals surface area contributed by atoms with Crippen LogP contribution in [-0.2, 0) is 22.0 Å². The van der Waals surface area contributed by atoms with Gasteiger partial charge in [-0.15, -0.1) is 11.8 Å². The van der Waals surface area contributed by atoms with E-state index in [1.54, 1.807) is 11.1 Å².